The van der Waals surface area contributed by atoms with Gasteiger partial charge < -0.3 is 16.8 Å². The van der Waals surface area contributed by atoms with E-state index in [1.807, 2.05) is 0 Å². The van der Waals surface area contributed by atoms with Gasteiger partial charge in [-0.05, 0) is 36.4 Å². The molecule has 0 heterocycles. The van der Waals surface area contributed by atoms with Crippen molar-refractivity contribution in [2.24, 2.45) is 0 Å². The Labute approximate surface area is 108 Å². The van der Waals surface area contributed by atoms with Gasteiger partial charge in [0.1, 0.15) is 0 Å². The van der Waals surface area contributed by atoms with Crippen LogP contribution in [0.1, 0.15) is 5.56 Å². The smallest absolute Gasteiger partial charge is 0.399 e. The Balaban J connectivity index is 2.29. The molecule has 100 valence electrons. The molecule has 0 saturated heterocycles. The maximum Gasteiger partial charge on any atom is 0.416 e. The molecule has 19 heavy (non-hydrogen) atoms. The van der Waals surface area contributed by atoms with Gasteiger partial charge in [-0.1, -0.05) is 6.07 Å². The molecule has 0 fully saturated rings. The Kier molecular flexibility index (Phi) is 3.25. The Bertz CT molecular complexity index is 594. The molecule has 0 saturated carbocycles. The summed E-state index contributed by atoms with van der Waals surface area (Å²) >= 11 is 0. The standard InChI is InChI=1S/C13H12F3N3/c14-13(15,16)8-2-1-3-10(6-8)19-12-5-4-9(17)7-11(12)18/h1-7,19H,17-18H2. The van der Waals surface area contributed by atoms with Gasteiger partial charge in [0.25, 0.3) is 0 Å². The van der Waals surface area contributed by atoms with Crippen LogP contribution in [0.3, 0.4) is 0 Å². The van der Waals surface area contributed by atoms with E-state index < -0.39 is 11.7 Å². The predicted molar refractivity (Wildman–Crippen MR) is 70.0 cm³/mol. The van der Waals surface area contributed by atoms with Crippen LogP contribution in [0.5, 0.6) is 0 Å². The molecule has 0 aliphatic rings. The maximum atomic E-state index is 12.6. The number of nitrogens with two attached hydrogens (primary N) is 2. The summed E-state index contributed by atoms with van der Waals surface area (Å²) in [6.07, 6.45) is -4.37. The fourth-order valence-electron chi connectivity index (χ4n) is 1.62. The van der Waals surface area contributed by atoms with Crippen molar-refractivity contribution in [2.45, 2.75) is 6.18 Å². The predicted octanol–water partition coefficient (Wildman–Crippen LogP) is 3.61. The van der Waals surface area contributed by atoms with E-state index in [1.165, 1.54) is 18.2 Å². The Hall–Kier alpha value is -2.37. The molecule has 2 aromatic rings. The number of nitrogens with one attached hydrogen (secondary N) is 1. The van der Waals surface area contributed by atoms with Crippen molar-refractivity contribution < 1.29 is 13.2 Å². The minimum Gasteiger partial charge on any atom is -0.399 e. The van der Waals surface area contributed by atoms with Crippen LogP contribution in [0.25, 0.3) is 0 Å². The summed E-state index contributed by atoms with van der Waals surface area (Å²) in [7, 11) is 0. The summed E-state index contributed by atoms with van der Waals surface area (Å²) < 4.78 is 37.7. The number of benzene rings is 2. The average molecular weight is 267 g/mol. The van der Waals surface area contributed by atoms with Gasteiger partial charge in [0.05, 0.1) is 16.9 Å². The molecular weight excluding hydrogens is 255 g/mol. The van der Waals surface area contributed by atoms with Crippen LogP contribution in [0.4, 0.5) is 35.9 Å². The molecule has 2 aromatic carbocycles. The van der Waals surface area contributed by atoms with Crippen molar-refractivity contribution >= 4 is 22.7 Å². The summed E-state index contributed by atoms with van der Waals surface area (Å²) in [6.45, 7) is 0. The normalized spacial score (nSPS) is 11.3. The van der Waals surface area contributed by atoms with E-state index in [0.29, 0.717) is 22.7 Å². The van der Waals surface area contributed by atoms with E-state index in [0.717, 1.165) is 12.1 Å². The molecule has 0 aliphatic carbocycles. The lowest BCUT2D eigenvalue weighted by Crippen LogP contribution is -2.05. The highest BCUT2D eigenvalue weighted by Gasteiger charge is 2.30. The van der Waals surface area contributed by atoms with Gasteiger partial charge in [0.2, 0.25) is 0 Å². The van der Waals surface area contributed by atoms with Gasteiger partial charge in [-0.25, -0.2) is 0 Å². The van der Waals surface area contributed by atoms with E-state index in [2.05, 4.69) is 5.32 Å². The Morgan fingerprint density at radius 3 is 2.32 bits per heavy atom. The van der Waals surface area contributed by atoms with Crippen LogP contribution in [0.2, 0.25) is 0 Å². The third-order valence-corrected chi connectivity index (χ3v) is 2.54. The monoisotopic (exact) mass is 267 g/mol. The largest absolute Gasteiger partial charge is 0.416 e. The molecule has 0 spiro atoms. The van der Waals surface area contributed by atoms with Gasteiger partial charge in [0, 0.05) is 11.4 Å². The zero-order valence-electron chi connectivity index (χ0n) is 9.83. The SMILES string of the molecule is Nc1ccc(Nc2cccc(C(F)(F)F)c2)c(N)c1. The summed E-state index contributed by atoms with van der Waals surface area (Å²) in [5, 5.41) is 2.83. The molecule has 2 rings (SSSR count). The van der Waals surface area contributed by atoms with Crippen LogP contribution < -0.4 is 16.8 Å². The minimum absolute atomic E-state index is 0.311. The lowest BCUT2D eigenvalue weighted by molar-refractivity contribution is -0.137. The van der Waals surface area contributed by atoms with Gasteiger partial charge in [-0.2, -0.15) is 13.2 Å². The van der Waals surface area contributed by atoms with Crippen LogP contribution in [0.15, 0.2) is 42.5 Å². The molecule has 0 aliphatic heterocycles. The third-order valence-electron chi connectivity index (χ3n) is 2.54. The fraction of sp³-hybridized carbons (Fsp3) is 0.0769. The van der Waals surface area contributed by atoms with Gasteiger partial charge >= 0.3 is 6.18 Å². The number of nitrogen functional groups attached to an aromatic ring is 2. The van der Waals surface area contributed by atoms with Gasteiger partial charge in [0.15, 0.2) is 0 Å². The molecule has 0 atom stereocenters. The molecule has 0 radical (unpaired) electrons. The molecule has 5 N–H and O–H groups in total. The number of halogens is 3. The zero-order valence-corrected chi connectivity index (χ0v) is 9.83. The van der Waals surface area contributed by atoms with Crippen molar-refractivity contribution in [3.63, 3.8) is 0 Å². The summed E-state index contributed by atoms with van der Waals surface area (Å²) in [4.78, 5) is 0. The number of alkyl halides is 3. The molecule has 3 nitrogen and oxygen atoms in total. The number of anilines is 4. The molecule has 0 amide bonds. The molecular formula is C13H12F3N3. The van der Waals surface area contributed by atoms with Crippen LogP contribution in [0, 0.1) is 0 Å². The molecule has 0 unspecified atom stereocenters. The average Bonchev–Trinajstić information content (AvgIpc) is 2.32. The summed E-state index contributed by atoms with van der Waals surface area (Å²) in [5.41, 5.74) is 12.2. The zero-order chi connectivity index (χ0) is 14.0. The van der Waals surface area contributed by atoms with Crippen molar-refractivity contribution in [3.05, 3.63) is 48.0 Å². The van der Waals surface area contributed by atoms with E-state index in [-0.39, 0.29) is 0 Å². The first kappa shape index (κ1) is 13.1. The van der Waals surface area contributed by atoms with Crippen LogP contribution >= 0.6 is 0 Å². The quantitative estimate of drug-likeness (QED) is 0.728. The Morgan fingerprint density at radius 2 is 1.68 bits per heavy atom. The van der Waals surface area contributed by atoms with E-state index in [9.17, 15) is 13.2 Å². The second kappa shape index (κ2) is 4.72. The highest BCUT2D eigenvalue weighted by atomic mass is 19.4. The highest BCUT2D eigenvalue weighted by Crippen LogP contribution is 2.32. The summed E-state index contributed by atoms with van der Waals surface area (Å²) in [5.74, 6) is 0. The topological polar surface area (TPSA) is 64.1 Å². The molecule has 6 heteroatoms. The number of hydrogen-bond donors (Lipinski definition) is 3. The second-order valence-corrected chi connectivity index (χ2v) is 4.05. The van der Waals surface area contributed by atoms with Gasteiger partial charge in [-0.3, -0.25) is 0 Å². The summed E-state index contributed by atoms with van der Waals surface area (Å²) in [6, 6.07) is 9.67. The first-order chi connectivity index (χ1) is 8.86. The van der Waals surface area contributed by atoms with E-state index in [1.54, 1.807) is 12.1 Å². The molecule has 0 bridgehead atoms. The molecule has 0 aromatic heterocycles. The number of hydrogen-bond acceptors (Lipinski definition) is 3. The Morgan fingerprint density at radius 1 is 0.947 bits per heavy atom. The first-order valence-electron chi connectivity index (χ1n) is 5.45. The maximum absolute atomic E-state index is 12.6. The van der Waals surface area contributed by atoms with Crippen LogP contribution in [-0.4, -0.2) is 0 Å². The van der Waals surface area contributed by atoms with Crippen molar-refractivity contribution in [2.75, 3.05) is 16.8 Å². The van der Waals surface area contributed by atoms with Gasteiger partial charge in [-0.15, -0.1) is 0 Å². The van der Waals surface area contributed by atoms with Crippen molar-refractivity contribution in [3.8, 4) is 0 Å². The van der Waals surface area contributed by atoms with Crippen molar-refractivity contribution in [1.29, 1.82) is 0 Å². The third kappa shape index (κ3) is 3.09. The highest BCUT2D eigenvalue weighted by molar-refractivity contribution is 5.75. The van der Waals surface area contributed by atoms with E-state index in [4.69, 9.17) is 11.5 Å². The lowest BCUT2D eigenvalue weighted by Gasteiger charge is -2.12. The first-order valence-corrected chi connectivity index (χ1v) is 5.45. The number of rotatable bonds is 2. The fourth-order valence-corrected chi connectivity index (χ4v) is 1.62. The minimum atomic E-state index is -4.37. The lowest BCUT2D eigenvalue weighted by atomic mass is 10.2. The van der Waals surface area contributed by atoms with Crippen LogP contribution in [-0.2, 0) is 6.18 Å². The van der Waals surface area contributed by atoms with E-state index >= 15 is 0 Å². The second-order valence-electron chi connectivity index (χ2n) is 4.05. The van der Waals surface area contributed by atoms with Crippen molar-refractivity contribution in [1.82, 2.24) is 0 Å².